The third kappa shape index (κ3) is 9.39. The number of carboxylic acids is 1. The van der Waals surface area contributed by atoms with Crippen LogP contribution in [0.25, 0.3) is 0 Å². The van der Waals surface area contributed by atoms with E-state index in [0.717, 1.165) is 23.3 Å². The number of rotatable bonds is 8. The van der Waals surface area contributed by atoms with Crippen LogP contribution in [0.2, 0.25) is 5.02 Å². The smallest absolute Gasteiger partial charge is 0.475 e. The van der Waals surface area contributed by atoms with Crippen LogP contribution in [0.3, 0.4) is 0 Å². The Hall–Kier alpha value is -2.81. The van der Waals surface area contributed by atoms with Gasteiger partial charge in [-0.05, 0) is 57.1 Å². The van der Waals surface area contributed by atoms with Gasteiger partial charge in [0.1, 0.15) is 16.5 Å². The van der Waals surface area contributed by atoms with Crippen LogP contribution in [-0.2, 0) is 33.5 Å². The number of carbonyl (C=O) groups is 1. The van der Waals surface area contributed by atoms with Crippen molar-refractivity contribution in [2.45, 2.75) is 56.2 Å². The fourth-order valence-corrected chi connectivity index (χ4v) is 5.50. The molecule has 0 aliphatic heterocycles. The molecule has 0 unspecified atom stereocenters. The molecule has 0 aliphatic carbocycles. The Balaban J connectivity index is 0.000000708. The monoisotopic (exact) mass is 627 g/mol. The number of aliphatic carboxylic acids is 1. The highest BCUT2D eigenvalue weighted by molar-refractivity contribution is 7.90. The Morgan fingerprint density at radius 2 is 1.73 bits per heavy atom. The van der Waals surface area contributed by atoms with Crippen molar-refractivity contribution in [3.63, 3.8) is 0 Å². The number of benzene rings is 2. The largest absolute Gasteiger partial charge is 0.490 e. The van der Waals surface area contributed by atoms with Gasteiger partial charge in [-0.3, -0.25) is 4.90 Å². The van der Waals surface area contributed by atoms with E-state index < -0.39 is 44.3 Å². The number of hydrogen-bond donors (Lipinski definition) is 2. The minimum absolute atomic E-state index is 0.0564. The fraction of sp³-hybridized carbons (Fsp3) is 0.360. The van der Waals surface area contributed by atoms with Gasteiger partial charge in [0, 0.05) is 34.7 Å². The summed E-state index contributed by atoms with van der Waals surface area (Å²) in [4.78, 5) is 14.0. The lowest BCUT2D eigenvalue weighted by Gasteiger charge is -2.32. The van der Waals surface area contributed by atoms with E-state index in [9.17, 15) is 30.4 Å². The Bertz CT molecular complexity index is 1400. The summed E-state index contributed by atoms with van der Waals surface area (Å²) < 4.78 is 86.3. The van der Waals surface area contributed by atoms with Crippen LogP contribution in [0.5, 0.6) is 0 Å². The molecule has 40 heavy (non-hydrogen) atoms. The van der Waals surface area contributed by atoms with Crippen LogP contribution in [0.1, 0.15) is 37.6 Å². The summed E-state index contributed by atoms with van der Waals surface area (Å²) in [7, 11) is -2.22. The highest BCUT2D eigenvalue weighted by Gasteiger charge is 2.38. The van der Waals surface area contributed by atoms with Crippen LogP contribution in [-0.4, -0.2) is 48.1 Å². The molecule has 1 aromatic heterocycles. The summed E-state index contributed by atoms with van der Waals surface area (Å²) in [6, 6.07) is 7.54. The van der Waals surface area contributed by atoms with Gasteiger partial charge in [-0.25, -0.2) is 27.0 Å². The van der Waals surface area contributed by atoms with Crippen LogP contribution in [0.15, 0.2) is 46.1 Å². The molecule has 1 heterocycles. The first kappa shape index (κ1) is 33.4. The molecule has 220 valence electrons. The van der Waals surface area contributed by atoms with Gasteiger partial charge >= 0.3 is 12.1 Å². The highest BCUT2D eigenvalue weighted by Crippen LogP contribution is 2.28. The average molecular weight is 628 g/mol. The summed E-state index contributed by atoms with van der Waals surface area (Å²) in [5.74, 6) is -5.63. The van der Waals surface area contributed by atoms with E-state index in [2.05, 4.69) is 36.0 Å². The summed E-state index contributed by atoms with van der Waals surface area (Å²) >= 11 is 7.63. The normalized spacial score (nSPS) is 12.2. The Kier molecular flexibility index (Phi) is 11.1. The SMILES string of the molecule is CN(Cc1cccc(Cl)c1CNc1cc(F)c(S(=O)(=O)Cc2cscn2)c(F)c1)C(C)(C)C.O=C(O)C(F)(F)F. The van der Waals surface area contributed by atoms with Gasteiger partial charge in [-0.2, -0.15) is 13.2 Å². The molecule has 0 saturated heterocycles. The molecule has 7 nitrogen and oxygen atoms in total. The number of halogens is 6. The first-order chi connectivity index (χ1) is 18.3. The van der Waals surface area contributed by atoms with E-state index in [1.807, 2.05) is 19.2 Å². The van der Waals surface area contributed by atoms with Crippen molar-refractivity contribution in [1.29, 1.82) is 0 Å². The molecule has 0 aliphatic rings. The molecule has 3 rings (SSSR count). The van der Waals surface area contributed by atoms with Gasteiger partial charge in [0.05, 0.1) is 17.0 Å². The second kappa shape index (κ2) is 13.2. The Morgan fingerprint density at radius 3 is 2.20 bits per heavy atom. The predicted octanol–water partition coefficient (Wildman–Crippen LogP) is 6.52. The van der Waals surface area contributed by atoms with E-state index in [4.69, 9.17) is 21.5 Å². The van der Waals surface area contributed by atoms with E-state index >= 15 is 0 Å². The number of anilines is 1. The molecule has 0 atom stereocenters. The molecule has 2 N–H and O–H groups in total. The van der Waals surface area contributed by atoms with Crippen LogP contribution in [0.4, 0.5) is 27.6 Å². The number of alkyl halides is 3. The zero-order valence-corrected chi connectivity index (χ0v) is 24.2. The minimum Gasteiger partial charge on any atom is -0.475 e. The number of sulfone groups is 1. The standard InChI is InChI=1S/C23H26ClF2N3O2S2.C2HF3O2/c1-23(2,3)29(4)11-15-6-5-7-19(24)18(15)10-27-16-8-20(25)22(21(26)9-16)33(30,31)13-17-12-32-14-28-17;3-2(4,5)1(6)7/h5-9,12,14,27H,10-11,13H2,1-4H3;(H,6,7). The zero-order chi connectivity index (χ0) is 30.5. The molecule has 0 amide bonds. The molecule has 3 aromatic rings. The number of nitrogens with zero attached hydrogens (tertiary/aromatic N) is 2. The summed E-state index contributed by atoms with van der Waals surface area (Å²) in [6.07, 6.45) is -5.08. The first-order valence-corrected chi connectivity index (χ1v) is 14.4. The van der Waals surface area contributed by atoms with Crippen LogP contribution < -0.4 is 5.32 Å². The highest BCUT2D eigenvalue weighted by atomic mass is 35.5. The van der Waals surface area contributed by atoms with E-state index in [0.29, 0.717) is 11.6 Å². The molecule has 0 spiro atoms. The zero-order valence-electron chi connectivity index (χ0n) is 21.8. The van der Waals surface area contributed by atoms with Crippen molar-refractivity contribution in [2.24, 2.45) is 0 Å². The lowest BCUT2D eigenvalue weighted by Crippen LogP contribution is -2.37. The average Bonchev–Trinajstić information content (AvgIpc) is 3.29. The van der Waals surface area contributed by atoms with Gasteiger partial charge in [0.25, 0.3) is 0 Å². The molecular weight excluding hydrogens is 601 g/mol. The molecule has 0 radical (unpaired) electrons. The second-order valence-electron chi connectivity index (χ2n) is 9.57. The molecule has 0 bridgehead atoms. The van der Waals surface area contributed by atoms with Crippen LogP contribution in [0, 0.1) is 11.6 Å². The van der Waals surface area contributed by atoms with Crippen molar-refractivity contribution in [3.05, 3.63) is 74.7 Å². The van der Waals surface area contributed by atoms with Gasteiger partial charge in [0.15, 0.2) is 9.84 Å². The number of thiazole rings is 1. The van der Waals surface area contributed by atoms with Gasteiger partial charge < -0.3 is 10.4 Å². The first-order valence-electron chi connectivity index (χ1n) is 11.4. The second-order valence-corrected chi connectivity index (χ2v) is 12.6. The van der Waals surface area contributed by atoms with Crippen molar-refractivity contribution in [2.75, 3.05) is 12.4 Å². The molecular formula is C25H27ClF5N3O4S2. The fourth-order valence-electron chi connectivity index (χ4n) is 3.17. The molecule has 0 saturated carbocycles. The lowest BCUT2D eigenvalue weighted by atomic mass is 10.0. The van der Waals surface area contributed by atoms with Gasteiger partial charge in [0.2, 0.25) is 0 Å². The van der Waals surface area contributed by atoms with Gasteiger partial charge in [-0.1, -0.05) is 23.7 Å². The summed E-state index contributed by atoms with van der Waals surface area (Å²) in [5.41, 5.74) is 3.55. The maximum absolute atomic E-state index is 14.7. The van der Waals surface area contributed by atoms with Crippen molar-refractivity contribution >= 4 is 44.4 Å². The lowest BCUT2D eigenvalue weighted by molar-refractivity contribution is -0.192. The quantitative estimate of drug-likeness (QED) is 0.274. The third-order valence-electron chi connectivity index (χ3n) is 5.61. The van der Waals surface area contributed by atoms with E-state index in [1.165, 1.54) is 22.2 Å². The van der Waals surface area contributed by atoms with Crippen LogP contribution >= 0.6 is 22.9 Å². The Morgan fingerprint density at radius 1 is 1.15 bits per heavy atom. The minimum atomic E-state index is -5.08. The van der Waals surface area contributed by atoms with Crippen molar-refractivity contribution < 1.29 is 40.3 Å². The van der Waals surface area contributed by atoms with Crippen molar-refractivity contribution in [3.8, 4) is 0 Å². The van der Waals surface area contributed by atoms with Crippen molar-refractivity contribution in [1.82, 2.24) is 9.88 Å². The van der Waals surface area contributed by atoms with E-state index in [-0.39, 0.29) is 23.5 Å². The van der Waals surface area contributed by atoms with Gasteiger partial charge in [-0.15, -0.1) is 11.3 Å². The maximum atomic E-state index is 14.7. The number of hydrogen-bond acceptors (Lipinski definition) is 7. The number of nitrogens with one attached hydrogen (secondary N) is 1. The topological polar surface area (TPSA) is 99.6 Å². The molecule has 0 fully saturated rings. The summed E-state index contributed by atoms with van der Waals surface area (Å²) in [5, 5.41) is 12.2. The molecule has 2 aromatic carbocycles. The third-order valence-corrected chi connectivity index (χ3v) is 8.29. The Labute approximate surface area is 237 Å². The maximum Gasteiger partial charge on any atom is 0.490 e. The molecule has 15 heteroatoms. The predicted molar refractivity (Wildman–Crippen MR) is 143 cm³/mol. The summed E-state index contributed by atoms with van der Waals surface area (Å²) in [6.45, 7) is 7.16. The number of carboxylic acid groups (broad SMARTS) is 1. The number of aromatic nitrogens is 1. The van der Waals surface area contributed by atoms with E-state index in [1.54, 1.807) is 6.07 Å².